The van der Waals surface area contributed by atoms with E-state index in [2.05, 4.69) is 23.9 Å². The standard InChI is InChI=1S/C14H21FN4/c1-18(2)11-4-3-7-19(9-11)13-6-5-10(14(16)17)8-12(13)15/h5-6,8,11H,3-4,7,9H2,1-2H3,(H3,16,17). The van der Waals surface area contributed by atoms with Crippen LogP contribution in [0.3, 0.4) is 0 Å². The van der Waals surface area contributed by atoms with E-state index in [1.807, 2.05) is 0 Å². The molecule has 1 saturated heterocycles. The van der Waals surface area contributed by atoms with E-state index in [-0.39, 0.29) is 11.7 Å². The number of anilines is 1. The van der Waals surface area contributed by atoms with Crippen molar-refractivity contribution in [1.29, 1.82) is 5.41 Å². The van der Waals surface area contributed by atoms with E-state index in [0.717, 1.165) is 25.9 Å². The summed E-state index contributed by atoms with van der Waals surface area (Å²) in [6, 6.07) is 5.24. The number of nitrogens with zero attached hydrogens (tertiary/aromatic N) is 2. The molecular formula is C14H21FN4. The Kier molecular flexibility index (Phi) is 4.04. The molecule has 0 bridgehead atoms. The molecule has 0 aromatic heterocycles. The van der Waals surface area contributed by atoms with Crippen LogP contribution in [0, 0.1) is 11.2 Å². The van der Waals surface area contributed by atoms with E-state index in [0.29, 0.717) is 17.3 Å². The molecule has 1 unspecified atom stereocenters. The number of benzene rings is 1. The number of rotatable bonds is 3. The lowest BCUT2D eigenvalue weighted by atomic mass is 10.0. The van der Waals surface area contributed by atoms with Crippen LogP contribution in [0.25, 0.3) is 0 Å². The van der Waals surface area contributed by atoms with Crippen molar-refractivity contribution in [3.63, 3.8) is 0 Å². The SMILES string of the molecule is CN(C)C1CCCN(c2ccc(C(=N)N)cc2F)C1. The second-order valence-corrected chi connectivity index (χ2v) is 5.29. The molecule has 2 rings (SSSR count). The highest BCUT2D eigenvalue weighted by molar-refractivity contribution is 5.95. The van der Waals surface area contributed by atoms with Crippen LogP contribution in [0.5, 0.6) is 0 Å². The van der Waals surface area contributed by atoms with Crippen molar-refractivity contribution in [3.8, 4) is 0 Å². The molecule has 1 atom stereocenters. The first-order chi connectivity index (χ1) is 8.99. The molecule has 0 aliphatic carbocycles. The van der Waals surface area contributed by atoms with Gasteiger partial charge in [-0.15, -0.1) is 0 Å². The van der Waals surface area contributed by atoms with Gasteiger partial charge in [-0.3, -0.25) is 5.41 Å². The summed E-state index contributed by atoms with van der Waals surface area (Å²) >= 11 is 0. The van der Waals surface area contributed by atoms with E-state index in [9.17, 15) is 4.39 Å². The van der Waals surface area contributed by atoms with Gasteiger partial charge < -0.3 is 15.5 Å². The van der Waals surface area contributed by atoms with Gasteiger partial charge in [0.05, 0.1) is 5.69 Å². The van der Waals surface area contributed by atoms with E-state index in [1.54, 1.807) is 12.1 Å². The third-order valence-electron chi connectivity index (χ3n) is 3.73. The van der Waals surface area contributed by atoms with Crippen molar-refractivity contribution in [1.82, 2.24) is 4.90 Å². The number of nitrogen functional groups attached to an aromatic ring is 1. The number of amidine groups is 1. The summed E-state index contributed by atoms with van der Waals surface area (Å²) in [4.78, 5) is 4.27. The Labute approximate surface area is 113 Å². The third-order valence-corrected chi connectivity index (χ3v) is 3.73. The summed E-state index contributed by atoms with van der Waals surface area (Å²) in [5.74, 6) is -0.401. The second kappa shape index (κ2) is 5.57. The monoisotopic (exact) mass is 264 g/mol. The molecule has 104 valence electrons. The lowest BCUT2D eigenvalue weighted by Gasteiger charge is -2.37. The summed E-state index contributed by atoms with van der Waals surface area (Å²) in [6.45, 7) is 1.71. The Balaban J connectivity index is 2.19. The average molecular weight is 264 g/mol. The summed E-state index contributed by atoms with van der Waals surface area (Å²) in [5.41, 5.74) is 6.41. The number of nitrogens with two attached hydrogens (primary N) is 1. The van der Waals surface area contributed by atoms with Gasteiger partial charge in [-0.05, 0) is 45.1 Å². The maximum Gasteiger partial charge on any atom is 0.147 e. The highest BCUT2D eigenvalue weighted by Crippen LogP contribution is 2.25. The summed E-state index contributed by atoms with van der Waals surface area (Å²) in [6.07, 6.45) is 2.22. The zero-order valence-electron chi connectivity index (χ0n) is 11.5. The largest absolute Gasteiger partial charge is 0.384 e. The fourth-order valence-electron chi connectivity index (χ4n) is 2.53. The third kappa shape index (κ3) is 3.04. The predicted octanol–water partition coefficient (Wildman–Crippen LogP) is 1.64. The summed E-state index contributed by atoms with van der Waals surface area (Å²) in [5, 5.41) is 7.33. The van der Waals surface area contributed by atoms with Crippen molar-refractivity contribution in [2.75, 3.05) is 32.1 Å². The highest BCUT2D eigenvalue weighted by Gasteiger charge is 2.23. The molecule has 1 aliphatic rings. The number of hydrogen-bond donors (Lipinski definition) is 2. The first-order valence-electron chi connectivity index (χ1n) is 6.54. The van der Waals surface area contributed by atoms with Gasteiger partial charge in [0.25, 0.3) is 0 Å². The van der Waals surface area contributed by atoms with E-state index < -0.39 is 0 Å². The number of halogens is 1. The van der Waals surface area contributed by atoms with Crippen LogP contribution >= 0.6 is 0 Å². The van der Waals surface area contributed by atoms with Crippen LogP contribution in [0.2, 0.25) is 0 Å². The van der Waals surface area contributed by atoms with E-state index in [1.165, 1.54) is 6.07 Å². The minimum absolute atomic E-state index is 0.102. The molecule has 0 saturated carbocycles. The number of hydrogen-bond acceptors (Lipinski definition) is 3. The zero-order valence-corrected chi connectivity index (χ0v) is 11.5. The van der Waals surface area contributed by atoms with Crippen LogP contribution in [0.15, 0.2) is 18.2 Å². The van der Waals surface area contributed by atoms with Gasteiger partial charge in [0.2, 0.25) is 0 Å². The molecule has 5 heteroatoms. The smallest absolute Gasteiger partial charge is 0.147 e. The summed E-state index contributed by atoms with van der Waals surface area (Å²) < 4.78 is 14.1. The Hall–Kier alpha value is -1.62. The topological polar surface area (TPSA) is 56.4 Å². The quantitative estimate of drug-likeness (QED) is 0.644. The maximum absolute atomic E-state index is 14.1. The molecule has 1 heterocycles. The first-order valence-corrected chi connectivity index (χ1v) is 6.54. The Morgan fingerprint density at radius 2 is 2.21 bits per heavy atom. The van der Waals surface area contributed by atoms with Gasteiger partial charge in [-0.25, -0.2) is 4.39 Å². The Bertz CT molecular complexity index is 473. The highest BCUT2D eigenvalue weighted by atomic mass is 19.1. The molecule has 19 heavy (non-hydrogen) atoms. The molecule has 1 fully saturated rings. The minimum Gasteiger partial charge on any atom is -0.384 e. The van der Waals surface area contributed by atoms with Crippen molar-refractivity contribution in [2.45, 2.75) is 18.9 Å². The van der Waals surface area contributed by atoms with E-state index >= 15 is 0 Å². The zero-order chi connectivity index (χ0) is 14.0. The van der Waals surface area contributed by atoms with Crippen LogP contribution in [0.1, 0.15) is 18.4 Å². The maximum atomic E-state index is 14.1. The van der Waals surface area contributed by atoms with Crippen LogP contribution in [-0.2, 0) is 0 Å². The lowest BCUT2D eigenvalue weighted by Crippen LogP contribution is -2.45. The first kappa shape index (κ1) is 13.8. The lowest BCUT2D eigenvalue weighted by molar-refractivity contribution is 0.257. The Morgan fingerprint density at radius 3 is 2.79 bits per heavy atom. The van der Waals surface area contributed by atoms with Gasteiger partial charge >= 0.3 is 0 Å². The molecule has 0 amide bonds. The fourth-order valence-corrected chi connectivity index (χ4v) is 2.53. The van der Waals surface area contributed by atoms with Crippen molar-refractivity contribution < 1.29 is 4.39 Å². The molecule has 1 aromatic rings. The number of nitrogens with one attached hydrogen (secondary N) is 1. The number of piperidine rings is 1. The molecule has 0 spiro atoms. The molecule has 1 aliphatic heterocycles. The van der Waals surface area contributed by atoms with Crippen molar-refractivity contribution in [2.24, 2.45) is 5.73 Å². The van der Waals surface area contributed by atoms with Gasteiger partial charge in [0, 0.05) is 24.7 Å². The molecule has 4 nitrogen and oxygen atoms in total. The second-order valence-electron chi connectivity index (χ2n) is 5.29. The summed E-state index contributed by atoms with van der Waals surface area (Å²) in [7, 11) is 4.12. The van der Waals surface area contributed by atoms with Crippen LogP contribution < -0.4 is 10.6 Å². The van der Waals surface area contributed by atoms with E-state index in [4.69, 9.17) is 11.1 Å². The Morgan fingerprint density at radius 1 is 1.47 bits per heavy atom. The molecule has 1 aromatic carbocycles. The fraction of sp³-hybridized carbons (Fsp3) is 0.500. The van der Waals surface area contributed by atoms with Crippen LogP contribution in [-0.4, -0.2) is 44.0 Å². The minimum atomic E-state index is -0.299. The van der Waals surface area contributed by atoms with Crippen LogP contribution in [0.4, 0.5) is 10.1 Å². The van der Waals surface area contributed by atoms with Gasteiger partial charge in [0.1, 0.15) is 11.7 Å². The molecule has 3 N–H and O–H groups in total. The predicted molar refractivity (Wildman–Crippen MR) is 76.3 cm³/mol. The van der Waals surface area contributed by atoms with Crippen molar-refractivity contribution >= 4 is 11.5 Å². The van der Waals surface area contributed by atoms with Gasteiger partial charge in [-0.2, -0.15) is 0 Å². The molecular weight excluding hydrogens is 243 g/mol. The molecule has 0 radical (unpaired) electrons. The van der Waals surface area contributed by atoms with Gasteiger partial charge in [-0.1, -0.05) is 0 Å². The van der Waals surface area contributed by atoms with Gasteiger partial charge in [0.15, 0.2) is 0 Å². The number of likely N-dealkylation sites (N-methyl/N-ethyl adjacent to an activating group) is 1. The average Bonchev–Trinajstić information content (AvgIpc) is 2.38. The van der Waals surface area contributed by atoms with Crippen molar-refractivity contribution in [3.05, 3.63) is 29.6 Å². The normalized spacial score (nSPS) is 19.8.